The van der Waals surface area contributed by atoms with Crippen LogP contribution in [0, 0.1) is 0 Å². The van der Waals surface area contributed by atoms with Crippen molar-refractivity contribution in [2.45, 2.75) is 18.7 Å². The summed E-state index contributed by atoms with van der Waals surface area (Å²) >= 11 is 19.2. The number of alkyl halides is 1. The molecule has 1 N–H and O–H groups in total. The van der Waals surface area contributed by atoms with Gasteiger partial charge in [-0.2, -0.15) is 0 Å². The van der Waals surface area contributed by atoms with E-state index in [4.69, 9.17) is 34.8 Å². The second-order valence-corrected chi connectivity index (χ2v) is 6.68. The number of amides is 1. The van der Waals surface area contributed by atoms with Gasteiger partial charge in [-0.1, -0.05) is 35.3 Å². The number of aromatic nitrogens is 1. The summed E-state index contributed by atoms with van der Waals surface area (Å²) in [4.78, 5) is 16.6. The summed E-state index contributed by atoms with van der Waals surface area (Å²) < 4.78 is 0. The molecule has 1 aromatic carbocycles. The molecule has 3 nitrogen and oxygen atoms in total. The SMILES string of the molecule is CC(Cl)C(=O)Nc1ncc(Cc2cccc(Cl)c2Cl)s1. The quantitative estimate of drug-likeness (QED) is 0.819. The maximum absolute atomic E-state index is 11.5. The average Bonchev–Trinajstić information content (AvgIpc) is 2.82. The van der Waals surface area contributed by atoms with E-state index in [1.807, 2.05) is 12.1 Å². The van der Waals surface area contributed by atoms with Gasteiger partial charge in [-0.05, 0) is 18.6 Å². The topological polar surface area (TPSA) is 42.0 Å². The van der Waals surface area contributed by atoms with E-state index >= 15 is 0 Å². The summed E-state index contributed by atoms with van der Waals surface area (Å²) in [7, 11) is 0. The van der Waals surface area contributed by atoms with Crippen molar-refractivity contribution in [3.05, 3.63) is 44.9 Å². The molecule has 0 aliphatic rings. The zero-order valence-electron chi connectivity index (χ0n) is 10.5. The van der Waals surface area contributed by atoms with Gasteiger partial charge >= 0.3 is 0 Å². The van der Waals surface area contributed by atoms with Gasteiger partial charge in [0, 0.05) is 17.5 Å². The Morgan fingerprint density at radius 2 is 2.20 bits per heavy atom. The Morgan fingerprint density at radius 3 is 2.90 bits per heavy atom. The standard InChI is InChI=1S/C13H11Cl3N2OS/c1-7(14)12(19)18-13-17-6-9(20-13)5-8-3-2-4-10(15)11(8)16/h2-4,6-7H,5H2,1H3,(H,17,18,19). The Morgan fingerprint density at radius 1 is 1.45 bits per heavy atom. The number of nitrogens with zero attached hydrogens (tertiary/aromatic N) is 1. The third kappa shape index (κ3) is 3.85. The summed E-state index contributed by atoms with van der Waals surface area (Å²) in [6.07, 6.45) is 2.32. The second kappa shape index (κ2) is 6.76. The van der Waals surface area contributed by atoms with E-state index in [1.54, 1.807) is 19.2 Å². The Kier molecular flexibility index (Phi) is 5.27. The molecule has 2 rings (SSSR count). The highest BCUT2D eigenvalue weighted by Crippen LogP contribution is 2.29. The first-order valence-corrected chi connectivity index (χ1v) is 7.81. The third-order valence-electron chi connectivity index (χ3n) is 2.54. The normalized spacial score (nSPS) is 12.2. The van der Waals surface area contributed by atoms with Gasteiger partial charge in [0.15, 0.2) is 5.13 Å². The summed E-state index contributed by atoms with van der Waals surface area (Å²) in [5.41, 5.74) is 0.923. The van der Waals surface area contributed by atoms with Crippen LogP contribution in [0.4, 0.5) is 5.13 Å². The number of carbonyl (C=O) groups excluding carboxylic acids is 1. The lowest BCUT2D eigenvalue weighted by atomic mass is 10.1. The molecule has 7 heteroatoms. The zero-order chi connectivity index (χ0) is 14.7. The molecular weight excluding hydrogens is 339 g/mol. The van der Waals surface area contributed by atoms with Gasteiger partial charge in [0.1, 0.15) is 5.38 Å². The van der Waals surface area contributed by atoms with Crippen LogP contribution in [0.15, 0.2) is 24.4 Å². The maximum atomic E-state index is 11.5. The van der Waals surface area contributed by atoms with Crippen molar-refractivity contribution in [3.8, 4) is 0 Å². The predicted molar refractivity (Wildman–Crippen MR) is 85.3 cm³/mol. The van der Waals surface area contributed by atoms with Crippen LogP contribution in [0.5, 0.6) is 0 Å². The van der Waals surface area contributed by atoms with Gasteiger partial charge in [-0.15, -0.1) is 22.9 Å². The van der Waals surface area contributed by atoms with Crippen LogP contribution < -0.4 is 5.32 Å². The molecule has 106 valence electrons. The van der Waals surface area contributed by atoms with Gasteiger partial charge in [-0.25, -0.2) is 4.98 Å². The molecule has 0 saturated carbocycles. The van der Waals surface area contributed by atoms with Gasteiger partial charge in [0.25, 0.3) is 0 Å². The first-order chi connectivity index (χ1) is 9.47. The largest absolute Gasteiger partial charge is 0.301 e. The molecule has 0 aliphatic carbocycles. The number of nitrogens with one attached hydrogen (secondary N) is 1. The number of thiazole rings is 1. The van der Waals surface area contributed by atoms with Crippen molar-refractivity contribution in [1.82, 2.24) is 4.98 Å². The van der Waals surface area contributed by atoms with E-state index in [0.717, 1.165) is 10.4 Å². The molecule has 20 heavy (non-hydrogen) atoms. The predicted octanol–water partition coefficient (Wildman–Crippen LogP) is 4.61. The zero-order valence-corrected chi connectivity index (χ0v) is 13.6. The highest BCUT2D eigenvalue weighted by Gasteiger charge is 2.12. The Hall–Kier alpha value is -0.810. The molecule has 0 radical (unpaired) electrons. The lowest BCUT2D eigenvalue weighted by molar-refractivity contribution is -0.115. The van der Waals surface area contributed by atoms with E-state index in [0.29, 0.717) is 21.6 Å². The van der Waals surface area contributed by atoms with Crippen molar-refractivity contribution in [2.75, 3.05) is 5.32 Å². The van der Waals surface area contributed by atoms with Crippen LogP contribution in [-0.2, 0) is 11.2 Å². The minimum Gasteiger partial charge on any atom is -0.301 e. The molecule has 2 aromatic rings. The Labute approximate surface area is 135 Å². The molecule has 1 amide bonds. The Balaban J connectivity index is 2.10. The smallest absolute Gasteiger partial charge is 0.243 e. The number of carbonyl (C=O) groups is 1. The van der Waals surface area contributed by atoms with E-state index in [9.17, 15) is 4.79 Å². The van der Waals surface area contributed by atoms with Gasteiger partial charge in [0.2, 0.25) is 5.91 Å². The first kappa shape index (κ1) is 15.6. The number of benzene rings is 1. The third-order valence-corrected chi connectivity index (χ3v) is 4.51. The number of hydrogen-bond acceptors (Lipinski definition) is 3. The minimum atomic E-state index is -0.593. The fourth-order valence-electron chi connectivity index (χ4n) is 1.52. The van der Waals surface area contributed by atoms with Crippen LogP contribution in [0.1, 0.15) is 17.4 Å². The molecule has 1 atom stereocenters. The fourth-order valence-corrected chi connectivity index (χ4v) is 2.80. The molecule has 1 heterocycles. The van der Waals surface area contributed by atoms with Crippen molar-refractivity contribution >= 4 is 57.2 Å². The van der Waals surface area contributed by atoms with Crippen molar-refractivity contribution in [3.63, 3.8) is 0 Å². The van der Waals surface area contributed by atoms with Crippen LogP contribution in [0.2, 0.25) is 10.0 Å². The summed E-state index contributed by atoms with van der Waals surface area (Å²) in [6.45, 7) is 1.61. The first-order valence-electron chi connectivity index (χ1n) is 5.80. The minimum absolute atomic E-state index is 0.270. The maximum Gasteiger partial charge on any atom is 0.243 e. The molecule has 1 aromatic heterocycles. The number of halogens is 3. The summed E-state index contributed by atoms with van der Waals surface area (Å²) in [5.74, 6) is -0.270. The molecule has 0 fully saturated rings. The van der Waals surface area contributed by atoms with Gasteiger partial charge < -0.3 is 5.32 Å². The van der Waals surface area contributed by atoms with Crippen molar-refractivity contribution < 1.29 is 4.79 Å². The van der Waals surface area contributed by atoms with Crippen molar-refractivity contribution in [1.29, 1.82) is 0 Å². The van der Waals surface area contributed by atoms with E-state index in [-0.39, 0.29) is 5.91 Å². The summed E-state index contributed by atoms with van der Waals surface area (Å²) in [5, 5.41) is 3.65. The van der Waals surface area contributed by atoms with E-state index in [1.165, 1.54) is 11.3 Å². The van der Waals surface area contributed by atoms with Gasteiger partial charge in [-0.3, -0.25) is 4.79 Å². The van der Waals surface area contributed by atoms with E-state index < -0.39 is 5.38 Å². The summed E-state index contributed by atoms with van der Waals surface area (Å²) in [6, 6.07) is 5.50. The number of hydrogen-bond donors (Lipinski definition) is 1. The van der Waals surface area contributed by atoms with Crippen LogP contribution in [0.25, 0.3) is 0 Å². The average molecular weight is 350 g/mol. The molecule has 0 bridgehead atoms. The molecule has 1 unspecified atom stereocenters. The number of anilines is 1. The monoisotopic (exact) mass is 348 g/mol. The lowest BCUT2D eigenvalue weighted by Crippen LogP contribution is -2.19. The van der Waals surface area contributed by atoms with E-state index in [2.05, 4.69) is 10.3 Å². The van der Waals surface area contributed by atoms with Crippen molar-refractivity contribution in [2.24, 2.45) is 0 Å². The molecule has 0 spiro atoms. The number of rotatable bonds is 4. The highest BCUT2D eigenvalue weighted by molar-refractivity contribution is 7.15. The van der Waals surface area contributed by atoms with Gasteiger partial charge in [0.05, 0.1) is 10.0 Å². The van der Waals surface area contributed by atoms with Crippen LogP contribution in [0.3, 0.4) is 0 Å². The van der Waals surface area contributed by atoms with Crippen LogP contribution >= 0.6 is 46.1 Å². The highest BCUT2D eigenvalue weighted by atomic mass is 35.5. The lowest BCUT2D eigenvalue weighted by Gasteiger charge is -2.03. The molecule has 0 aliphatic heterocycles. The molecular formula is C13H11Cl3N2OS. The Bertz CT molecular complexity index is 628. The van der Waals surface area contributed by atoms with Crippen LogP contribution in [-0.4, -0.2) is 16.3 Å². The fraction of sp³-hybridized carbons (Fsp3) is 0.231. The second-order valence-electron chi connectivity index (χ2n) is 4.13. The molecule has 0 saturated heterocycles.